The second kappa shape index (κ2) is 3.07. The van der Waals surface area contributed by atoms with Crippen molar-refractivity contribution in [3.8, 4) is 5.75 Å². The standard InChI is InChI=1S/C12H13NO2/c1-15-7-2-3-8-9(4-7)10-5-13-6-11(10)12(8)14/h2-4,10-11,13H,5-6H2,1H3. The van der Waals surface area contributed by atoms with Crippen LogP contribution in [0.3, 0.4) is 0 Å². The molecule has 1 aromatic rings. The van der Waals surface area contributed by atoms with Gasteiger partial charge < -0.3 is 10.1 Å². The van der Waals surface area contributed by atoms with E-state index in [1.165, 1.54) is 0 Å². The first-order chi connectivity index (χ1) is 7.31. The van der Waals surface area contributed by atoms with E-state index in [2.05, 4.69) is 5.32 Å². The van der Waals surface area contributed by atoms with Crippen LogP contribution in [0.25, 0.3) is 0 Å². The summed E-state index contributed by atoms with van der Waals surface area (Å²) in [5, 5.41) is 3.27. The third-order valence-corrected chi connectivity index (χ3v) is 3.47. The molecule has 1 aliphatic carbocycles. The van der Waals surface area contributed by atoms with E-state index >= 15 is 0 Å². The predicted octanol–water partition coefficient (Wildman–Crippen LogP) is 1.19. The van der Waals surface area contributed by atoms with E-state index in [-0.39, 0.29) is 5.92 Å². The van der Waals surface area contributed by atoms with E-state index in [1.54, 1.807) is 7.11 Å². The molecule has 1 heterocycles. The minimum absolute atomic E-state index is 0.159. The van der Waals surface area contributed by atoms with Gasteiger partial charge in [0, 0.05) is 30.5 Å². The average Bonchev–Trinajstić information content (AvgIpc) is 2.83. The van der Waals surface area contributed by atoms with Crippen LogP contribution in [0.4, 0.5) is 0 Å². The number of carbonyl (C=O) groups is 1. The van der Waals surface area contributed by atoms with Gasteiger partial charge in [-0.05, 0) is 23.8 Å². The molecule has 1 saturated heterocycles. The Morgan fingerprint density at radius 3 is 2.93 bits per heavy atom. The molecule has 0 spiro atoms. The Balaban J connectivity index is 2.12. The fourth-order valence-corrected chi connectivity index (χ4v) is 2.68. The molecule has 1 N–H and O–H groups in total. The predicted molar refractivity (Wildman–Crippen MR) is 56.4 cm³/mol. The number of hydrogen-bond donors (Lipinski definition) is 1. The Kier molecular flexibility index (Phi) is 1.83. The van der Waals surface area contributed by atoms with Gasteiger partial charge in [-0.2, -0.15) is 0 Å². The van der Waals surface area contributed by atoms with Gasteiger partial charge in [0.05, 0.1) is 7.11 Å². The summed E-state index contributed by atoms with van der Waals surface area (Å²) >= 11 is 0. The number of carbonyl (C=O) groups excluding carboxylic acids is 1. The lowest BCUT2D eigenvalue weighted by atomic mass is 9.96. The normalized spacial score (nSPS) is 27.7. The number of nitrogens with one attached hydrogen (secondary N) is 1. The van der Waals surface area contributed by atoms with Crippen LogP contribution in [0.1, 0.15) is 21.8 Å². The molecular weight excluding hydrogens is 190 g/mol. The molecule has 15 heavy (non-hydrogen) atoms. The van der Waals surface area contributed by atoms with Gasteiger partial charge in [-0.25, -0.2) is 0 Å². The van der Waals surface area contributed by atoms with Gasteiger partial charge in [-0.3, -0.25) is 4.79 Å². The van der Waals surface area contributed by atoms with Gasteiger partial charge in [0.25, 0.3) is 0 Å². The van der Waals surface area contributed by atoms with Crippen molar-refractivity contribution in [1.82, 2.24) is 5.32 Å². The summed E-state index contributed by atoms with van der Waals surface area (Å²) in [6, 6.07) is 5.77. The zero-order valence-electron chi connectivity index (χ0n) is 8.62. The van der Waals surface area contributed by atoms with Crippen LogP contribution in [0.2, 0.25) is 0 Å². The van der Waals surface area contributed by atoms with Crippen molar-refractivity contribution in [3.63, 3.8) is 0 Å². The van der Waals surface area contributed by atoms with E-state index < -0.39 is 0 Å². The number of fused-ring (bicyclic) bond motifs is 3. The van der Waals surface area contributed by atoms with Crippen molar-refractivity contribution >= 4 is 5.78 Å². The summed E-state index contributed by atoms with van der Waals surface area (Å²) in [7, 11) is 1.66. The lowest BCUT2D eigenvalue weighted by Gasteiger charge is -2.08. The molecule has 78 valence electrons. The highest BCUT2D eigenvalue weighted by atomic mass is 16.5. The van der Waals surface area contributed by atoms with E-state index in [4.69, 9.17) is 4.74 Å². The highest BCUT2D eigenvalue weighted by Gasteiger charge is 2.42. The third kappa shape index (κ3) is 1.13. The SMILES string of the molecule is COc1ccc2c(c1)C1CNCC1C2=O. The van der Waals surface area contributed by atoms with Gasteiger partial charge in [0.15, 0.2) is 5.78 Å². The third-order valence-electron chi connectivity index (χ3n) is 3.47. The highest BCUT2D eigenvalue weighted by Crippen LogP contribution is 2.41. The topological polar surface area (TPSA) is 38.3 Å². The van der Waals surface area contributed by atoms with Gasteiger partial charge in [0.2, 0.25) is 0 Å². The van der Waals surface area contributed by atoms with Gasteiger partial charge in [-0.1, -0.05) is 0 Å². The number of benzene rings is 1. The molecule has 1 aromatic carbocycles. The summed E-state index contributed by atoms with van der Waals surface area (Å²) in [5.41, 5.74) is 2.06. The summed E-state index contributed by atoms with van der Waals surface area (Å²) < 4.78 is 5.19. The number of ketones is 1. The second-order valence-electron chi connectivity index (χ2n) is 4.19. The second-order valence-corrected chi connectivity index (χ2v) is 4.19. The maximum atomic E-state index is 12.0. The first-order valence-corrected chi connectivity index (χ1v) is 5.24. The summed E-state index contributed by atoms with van der Waals surface area (Å²) in [4.78, 5) is 12.0. The fourth-order valence-electron chi connectivity index (χ4n) is 2.68. The Bertz CT molecular complexity index is 428. The maximum absolute atomic E-state index is 12.0. The number of hydrogen-bond acceptors (Lipinski definition) is 3. The van der Waals surface area contributed by atoms with Gasteiger partial charge in [-0.15, -0.1) is 0 Å². The van der Waals surface area contributed by atoms with E-state index in [1.807, 2.05) is 18.2 Å². The van der Waals surface area contributed by atoms with Crippen LogP contribution in [0.5, 0.6) is 5.75 Å². The lowest BCUT2D eigenvalue weighted by Crippen LogP contribution is -2.15. The molecule has 2 atom stereocenters. The lowest BCUT2D eigenvalue weighted by molar-refractivity contribution is 0.0940. The average molecular weight is 203 g/mol. The van der Waals surface area contributed by atoms with E-state index in [0.717, 1.165) is 30.0 Å². The largest absolute Gasteiger partial charge is 0.497 e. The first-order valence-electron chi connectivity index (χ1n) is 5.24. The Hall–Kier alpha value is -1.35. The molecule has 3 rings (SSSR count). The quantitative estimate of drug-likeness (QED) is 0.745. The molecule has 0 saturated carbocycles. The van der Waals surface area contributed by atoms with Crippen molar-refractivity contribution in [1.29, 1.82) is 0 Å². The zero-order valence-corrected chi connectivity index (χ0v) is 8.62. The van der Waals surface area contributed by atoms with Crippen molar-refractivity contribution in [2.75, 3.05) is 20.2 Å². The highest BCUT2D eigenvalue weighted by molar-refractivity contribution is 6.03. The molecule has 2 unspecified atom stereocenters. The van der Waals surface area contributed by atoms with Crippen LogP contribution in [0, 0.1) is 5.92 Å². The van der Waals surface area contributed by atoms with Crippen molar-refractivity contribution in [2.24, 2.45) is 5.92 Å². The van der Waals surface area contributed by atoms with E-state index in [0.29, 0.717) is 11.7 Å². The number of rotatable bonds is 1. The monoisotopic (exact) mass is 203 g/mol. The Labute approximate surface area is 88.4 Å². The van der Waals surface area contributed by atoms with Crippen LogP contribution in [-0.4, -0.2) is 26.0 Å². The van der Waals surface area contributed by atoms with Crippen molar-refractivity contribution in [3.05, 3.63) is 29.3 Å². The maximum Gasteiger partial charge on any atom is 0.168 e. The molecule has 1 fully saturated rings. The minimum Gasteiger partial charge on any atom is -0.497 e. The minimum atomic E-state index is 0.159. The van der Waals surface area contributed by atoms with Crippen LogP contribution < -0.4 is 10.1 Å². The number of ether oxygens (including phenoxy) is 1. The molecule has 3 nitrogen and oxygen atoms in total. The number of Topliss-reactive ketones (excluding diaryl/α,β-unsaturated/α-hetero) is 1. The summed E-state index contributed by atoms with van der Waals surface area (Å²) in [5.74, 6) is 1.66. The molecule has 0 amide bonds. The molecular formula is C12H13NO2. The molecule has 0 bridgehead atoms. The van der Waals surface area contributed by atoms with Gasteiger partial charge in [0.1, 0.15) is 5.75 Å². The fraction of sp³-hybridized carbons (Fsp3) is 0.417. The molecule has 0 radical (unpaired) electrons. The number of methoxy groups -OCH3 is 1. The van der Waals surface area contributed by atoms with Gasteiger partial charge >= 0.3 is 0 Å². The summed E-state index contributed by atoms with van der Waals surface area (Å²) in [6.07, 6.45) is 0. The first kappa shape index (κ1) is 8.92. The zero-order chi connectivity index (χ0) is 10.4. The molecule has 2 aliphatic rings. The van der Waals surface area contributed by atoms with Crippen LogP contribution in [-0.2, 0) is 0 Å². The smallest absolute Gasteiger partial charge is 0.168 e. The molecule has 3 heteroatoms. The molecule has 0 aromatic heterocycles. The van der Waals surface area contributed by atoms with Crippen LogP contribution in [0.15, 0.2) is 18.2 Å². The Morgan fingerprint density at radius 1 is 1.33 bits per heavy atom. The Morgan fingerprint density at radius 2 is 2.13 bits per heavy atom. The van der Waals surface area contributed by atoms with Crippen LogP contribution >= 0.6 is 0 Å². The van der Waals surface area contributed by atoms with Crippen molar-refractivity contribution < 1.29 is 9.53 Å². The van der Waals surface area contributed by atoms with E-state index in [9.17, 15) is 4.79 Å². The molecule has 1 aliphatic heterocycles. The van der Waals surface area contributed by atoms with Crippen molar-refractivity contribution in [2.45, 2.75) is 5.92 Å². The summed E-state index contributed by atoms with van der Waals surface area (Å²) in [6.45, 7) is 1.73.